The molecule has 2 fully saturated rings. The molecule has 1 amide bonds. The predicted octanol–water partition coefficient (Wildman–Crippen LogP) is 0.374. The first-order chi connectivity index (χ1) is 9.72. The minimum Gasteiger partial charge on any atom is -0.337 e. The number of amides is 1. The largest absolute Gasteiger partial charge is 0.337 e. The van der Waals surface area contributed by atoms with E-state index in [1.54, 1.807) is 0 Å². The van der Waals surface area contributed by atoms with E-state index in [4.69, 9.17) is 0 Å². The second kappa shape index (κ2) is 5.75. The minimum atomic E-state index is -0.287. The van der Waals surface area contributed by atoms with Crippen molar-refractivity contribution in [2.75, 3.05) is 19.6 Å². The maximum absolute atomic E-state index is 12.2. The van der Waals surface area contributed by atoms with Gasteiger partial charge in [-0.3, -0.25) is 9.59 Å². The molecule has 0 bridgehead atoms. The number of aromatic nitrogens is 2. The number of hydrogen-bond acceptors (Lipinski definition) is 4. The second-order valence-corrected chi connectivity index (χ2v) is 5.72. The molecule has 0 unspecified atom stereocenters. The van der Waals surface area contributed by atoms with Crippen molar-refractivity contribution in [3.8, 4) is 0 Å². The van der Waals surface area contributed by atoms with Crippen LogP contribution in [0.1, 0.15) is 36.2 Å². The fourth-order valence-electron chi connectivity index (χ4n) is 2.57. The van der Waals surface area contributed by atoms with Gasteiger partial charge in [-0.15, -0.1) is 0 Å². The van der Waals surface area contributed by atoms with Crippen LogP contribution in [0.2, 0.25) is 0 Å². The first-order valence-corrected chi connectivity index (χ1v) is 7.31. The van der Waals surface area contributed by atoms with E-state index in [0.717, 1.165) is 38.4 Å². The van der Waals surface area contributed by atoms with Gasteiger partial charge in [0.05, 0.1) is 0 Å². The molecule has 1 aromatic heterocycles. The molecule has 6 heteroatoms. The Morgan fingerprint density at radius 3 is 2.65 bits per heavy atom. The van der Waals surface area contributed by atoms with Crippen LogP contribution in [-0.2, 0) is 0 Å². The topological polar surface area (TPSA) is 78.1 Å². The lowest BCUT2D eigenvalue weighted by molar-refractivity contribution is 0.0697. The maximum atomic E-state index is 12.2. The maximum Gasteiger partial charge on any atom is 0.274 e. The van der Waals surface area contributed by atoms with E-state index in [2.05, 4.69) is 15.5 Å². The van der Waals surface area contributed by atoms with Crippen LogP contribution in [0.15, 0.2) is 16.9 Å². The Labute approximate surface area is 117 Å². The van der Waals surface area contributed by atoms with Gasteiger partial charge in [-0.2, -0.15) is 5.10 Å². The quantitative estimate of drug-likeness (QED) is 0.833. The third-order valence-electron chi connectivity index (χ3n) is 4.07. The number of rotatable bonds is 4. The molecule has 3 rings (SSSR count). The standard InChI is InChI=1S/C14H20N4O2/c19-13-4-3-12(16-17-13)14(20)18-7-5-11(6-8-18)15-9-10-1-2-10/h3-4,10-11,15H,1-2,5-9H2,(H,17,19). The Morgan fingerprint density at radius 1 is 1.30 bits per heavy atom. The molecule has 0 aromatic carbocycles. The van der Waals surface area contributed by atoms with Gasteiger partial charge >= 0.3 is 0 Å². The number of piperidine rings is 1. The van der Waals surface area contributed by atoms with Gasteiger partial charge in [-0.05, 0) is 44.2 Å². The summed E-state index contributed by atoms with van der Waals surface area (Å²) in [5, 5.41) is 9.69. The summed E-state index contributed by atoms with van der Waals surface area (Å²) < 4.78 is 0. The fraction of sp³-hybridized carbons (Fsp3) is 0.643. The molecule has 1 saturated heterocycles. The van der Waals surface area contributed by atoms with Crippen molar-refractivity contribution in [2.45, 2.75) is 31.7 Å². The third-order valence-corrected chi connectivity index (χ3v) is 4.07. The lowest BCUT2D eigenvalue weighted by atomic mass is 10.0. The number of nitrogens with zero attached hydrogens (tertiary/aromatic N) is 2. The molecule has 2 heterocycles. The molecule has 1 saturated carbocycles. The van der Waals surface area contributed by atoms with Crippen molar-refractivity contribution in [1.29, 1.82) is 0 Å². The van der Waals surface area contributed by atoms with E-state index < -0.39 is 0 Å². The van der Waals surface area contributed by atoms with Gasteiger partial charge < -0.3 is 10.2 Å². The van der Waals surface area contributed by atoms with Crippen molar-refractivity contribution >= 4 is 5.91 Å². The highest BCUT2D eigenvalue weighted by Gasteiger charge is 2.26. The number of hydrogen-bond donors (Lipinski definition) is 2. The van der Waals surface area contributed by atoms with Crippen molar-refractivity contribution in [3.05, 3.63) is 28.2 Å². The molecule has 6 nitrogen and oxygen atoms in total. The van der Waals surface area contributed by atoms with Gasteiger partial charge in [0.2, 0.25) is 0 Å². The molecule has 0 radical (unpaired) electrons. The Kier molecular flexibility index (Phi) is 3.82. The van der Waals surface area contributed by atoms with Gasteiger partial charge in [0.25, 0.3) is 11.5 Å². The molecule has 0 atom stereocenters. The zero-order valence-electron chi connectivity index (χ0n) is 11.5. The average molecular weight is 276 g/mol. The Bertz CT molecular complexity index is 510. The lowest BCUT2D eigenvalue weighted by Crippen LogP contribution is -2.45. The normalized spacial score (nSPS) is 20.1. The number of H-pyrrole nitrogens is 1. The van der Waals surface area contributed by atoms with Gasteiger partial charge in [0.1, 0.15) is 5.69 Å². The first-order valence-electron chi connectivity index (χ1n) is 7.31. The monoisotopic (exact) mass is 276 g/mol. The molecule has 1 aromatic rings. The van der Waals surface area contributed by atoms with Crippen LogP contribution in [0.4, 0.5) is 0 Å². The molecule has 108 valence electrons. The number of likely N-dealkylation sites (tertiary alicyclic amines) is 1. The number of nitrogens with one attached hydrogen (secondary N) is 2. The SMILES string of the molecule is O=C(c1ccc(=O)[nH]n1)N1CCC(NCC2CC2)CC1. The van der Waals surface area contributed by atoms with Crippen LogP contribution in [-0.4, -0.2) is 46.7 Å². The summed E-state index contributed by atoms with van der Waals surface area (Å²) in [7, 11) is 0. The van der Waals surface area contributed by atoms with Crippen molar-refractivity contribution in [2.24, 2.45) is 5.92 Å². The summed E-state index contributed by atoms with van der Waals surface area (Å²) >= 11 is 0. The Balaban J connectivity index is 1.50. The second-order valence-electron chi connectivity index (χ2n) is 5.72. The number of carbonyl (C=O) groups is 1. The van der Waals surface area contributed by atoms with E-state index >= 15 is 0 Å². The van der Waals surface area contributed by atoms with Crippen LogP contribution in [0.3, 0.4) is 0 Å². The summed E-state index contributed by atoms with van der Waals surface area (Å²) in [4.78, 5) is 25.0. The van der Waals surface area contributed by atoms with Gasteiger partial charge in [0, 0.05) is 25.2 Å². The van der Waals surface area contributed by atoms with Crippen molar-refractivity contribution in [3.63, 3.8) is 0 Å². The zero-order chi connectivity index (χ0) is 13.9. The van der Waals surface area contributed by atoms with E-state index in [9.17, 15) is 9.59 Å². The zero-order valence-corrected chi connectivity index (χ0v) is 11.5. The van der Waals surface area contributed by atoms with Crippen LogP contribution < -0.4 is 10.9 Å². The highest BCUT2D eigenvalue weighted by Crippen LogP contribution is 2.28. The van der Waals surface area contributed by atoms with E-state index in [1.807, 2.05) is 4.90 Å². The predicted molar refractivity (Wildman–Crippen MR) is 74.5 cm³/mol. The molecule has 1 aliphatic carbocycles. The van der Waals surface area contributed by atoms with Gasteiger partial charge in [0.15, 0.2) is 0 Å². The Hall–Kier alpha value is -1.69. The van der Waals surface area contributed by atoms with Crippen molar-refractivity contribution < 1.29 is 4.79 Å². The molecule has 2 N–H and O–H groups in total. The molecule has 2 aliphatic rings. The van der Waals surface area contributed by atoms with Crippen LogP contribution in [0, 0.1) is 5.92 Å². The van der Waals surface area contributed by atoms with E-state index in [0.29, 0.717) is 11.7 Å². The smallest absolute Gasteiger partial charge is 0.274 e. The number of aromatic amines is 1. The van der Waals surface area contributed by atoms with Crippen LogP contribution in [0.25, 0.3) is 0 Å². The highest BCUT2D eigenvalue weighted by atomic mass is 16.2. The van der Waals surface area contributed by atoms with Crippen molar-refractivity contribution in [1.82, 2.24) is 20.4 Å². The van der Waals surface area contributed by atoms with E-state index in [-0.39, 0.29) is 11.5 Å². The van der Waals surface area contributed by atoms with Crippen LogP contribution in [0.5, 0.6) is 0 Å². The average Bonchev–Trinajstić information content (AvgIpc) is 3.30. The molecular weight excluding hydrogens is 256 g/mol. The summed E-state index contributed by atoms with van der Waals surface area (Å²) in [6.07, 6.45) is 4.70. The molecular formula is C14H20N4O2. The summed E-state index contributed by atoms with van der Waals surface area (Å²) in [5.74, 6) is 0.793. The van der Waals surface area contributed by atoms with Gasteiger partial charge in [-0.1, -0.05) is 0 Å². The molecule has 1 aliphatic heterocycles. The molecule has 0 spiro atoms. The summed E-state index contributed by atoms with van der Waals surface area (Å²) in [6, 6.07) is 3.35. The third kappa shape index (κ3) is 3.25. The highest BCUT2D eigenvalue weighted by molar-refractivity contribution is 5.92. The van der Waals surface area contributed by atoms with E-state index in [1.165, 1.54) is 25.0 Å². The Morgan fingerprint density at radius 2 is 2.05 bits per heavy atom. The minimum absolute atomic E-state index is 0.0955. The lowest BCUT2D eigenvalue weighted by Gasteiger charge is -2.32. The van der Waals surface area contributed by atoms with Crippen LogP contribution >= 0.6 is 0 Å². The number of carbonyl (C=O) groups excluding carboxylic acids is 1. The summed E-state index contributed by atoms with van der Waals surface area (Å²) in [6.45, 7) is 2.63. The first kappa shape index (κ1) is 13.3. The van der Waals surface area contributed by atoms with Gasteiger partial charge in [-0.25, -0.2) is 5.10 Å². The molecule has 20 heavy (non-hydrogen) atoms. The summed E-state index contributed by atoms with van der Waals surface area (Å²) in [5.41, 5.74) is 0.0264. The fourth-order valence-corrected chi connectivity index (χ4v) is 2.57.